The van der Waals surface area contributed by atoms with Crippen LogP contribution in [0.1, 0.15) is 31.2 Å². The Morgan fingerprint density at radius 3 is 2.74 bits per heavy atom. The molecule has 5 nitrogen and oxygen atoms in total. The number of hydrogen-bond acceptors (Lipinski definition) is 3. The summed E-state index contributed by atoms with van der Waals surface area (Å²) in [7, 11) is 0. The average molecular weight is 318 g/mol. The summed E-state index contributed by atoms with van der Waals surface area (Å²) in [5, 5.41) is 12.4. The van der Waals surface area contributed by atoms with Gasteiger partial charge in [-0.2, -0.15) is 0 Å². The molecule has 1 aliphatic carbocycles. The maximum atomic E-state index is 12.2. The quantitative estimate of drug-likeness (QED) is 0.847. The fraction of sp³-hybridized carbons (Fsp3) is 0.611. The summed E-state index contributed by atoms with van der Waals surface area (Å²) in [6, 6.07) is 7.16. The van der Waals surface area contributed by atoms with Crippen LogP contribution >= 0.6 is 0 Å². The van der Waals surface area contributed by atoms with E-state index < -0.39 is 0 Å². The van der Waals surface area contributed by atoms with Gasteiger partial charge in [-0.1, -0.05) is 12.1 Å². The number of phenolic OH excluding ortho intramolecular Hbond substituents is 1. The number of rotatable bonds is 6. The van der Waals surface area contributed by atoms with Crippen molar-refractivity contribution in [2.45, 2.75) is 38.2 Å². The second kappa shape index (κ2) is 7.68. The van der Waals surface area contributed by atoms with Crippen molar-refractivity contribution in [2.75, 3.05) is 26.2 Å². The van der Waals surface area contributed by atoms with Gasteiger partial charge in [0, 0.05) is 26.2 Å². The molecule has 0 bridgehead atoms. The molecule has 5 heteroatoms. The summed E-state index contributed by atoms with van der Waals surface area (Å²) >= 11 is 0. The number of aromatic hydroxyl groups is 1. The number of hydrogen-bond donors (Lipinski definition) is 2. The third-order valence-corrected chi connectivity index (χ3v) is 4.59. The number of nitrogens with one attached hydrogen (secondary N) is 1. The van der Waals surface area contributed by atoms with Gasteiger partial charge in [0.1, 0.15) is 5.75 Å². The molecule has 3 rings (SSSR count). The van der Waals surface area contributed by atoms with Crippen molar-refractivity contribution in [1.82, 2.24) is 10.2 Å². The molecule has 2 aliphatic rings. The lowest BCUT2D eigenvalue weighted by Crippen LogP contribution is -2.46. The van der Waals surface area contributed by atoms with E-state index in [0.717, 1.165) is 50.4 Å². The van der Waals surface area contributed by atoms with Crippen molar-refractivity contribution in [3.63, 3.8) is 0 Å². The topological polar surface area (TPSA) is 61.8 Å². The minimum Gasteiger partial charge on any atom is -0.508 e. The van der Waals surface area contributed by atoms with Crippen molar-refractivity contribution in [1.29, 1.82) is 0 Å². The normalized spacial score (nSPS) is 18.9. The second-order valence-electron chi connectivity index (χ2n) is 6.61. The monoisotopic (exact) mass is 318 g/mol. The zero-order valence-electron chi connectivity index (χ0n) is 13.5. The van der Waals surface area contributed by atoms with Crippen LogP contribution in [0.5, 0.6) is 5.75 Å². The van der Waals surface area contributed by atoms with Crippen LogP contribution < -0.4 is 5.32 Å². The van der Waals surface area contributed by atoms with Gasteiger partial charge >= 0.3 is 6.03 Å². The van der Waals surface area contributed by atoms with E-state index in [4.69, 9.17) is 4.74 Å². The molecule has 2 N–H and O–H groups in total. The van der Waals surface area contributed by atoms with E-state index in [0.29, 0.717) is 12.6 Å². The number of urea groups is 1. The molecule has 0 radical (unpaired) electrons. The molecule has 23 heavy (non-hydrogen) atoms. The molecule has 2 fully saturated rings. The molecule has 2 amide bonds. The Labute approximate surface area is 137 Å². The predicted octanol–water partition coefficient (Wildman–Crippen LogP) is 2.54. The first-order valence-corrected chi connectivity index (χ1v) is 8.63. The summed E-state index contributed by atoms with van der Waals surface area (Å²) in [5.74, 6) is 1.07. The Kier molecular flexibility index (Phi) is 5.39. The first kappa shape index (κ1) is 16.1. The van der Waals surface area contributed by atoms with Gasteiger partial charge in [-0.05, 0) is 55.7 Å². The number of likely N-dealkylation sites (tertiary alicyclic amines) is 1. The number of piperidine rings is 1. The van der Waals surface area contributed by atoms with Crippen molar-refractivity contribution < 1.29 is 14.6 Å². The highest BCUT2D eigenvalue weighted by Crippen LogP contribution is 2.30. The lowest BCUT2D eigenvalue weighted by Gasteiger charge is -2.32. The van der Waals surface area contributed by atoms with Crippen LogP contribution in [0.2, 0.25) is 0 Å². The van der Waals surface area contributed by atoms with Crippen LogP contribution in [0.25, 0.3) is 0 Å². The molecule has 0 atom stereocenters. The van der Waals surface area contributed by atoms with E-state index >= 15 is 0 Å². The molecule has 1 aromatic carbocycles. The Morgan fingerprint density at radius 2 is 2.04 bits per heavy atom. The van der Waals surface area contributed by atoms with Gasteiger partial charge in [-0.25, -0.2) is 4.79 Å². The zero-order chi connectivity index (χ0) is 16.1. The van der Waals surface area contributed by atoms with Crippen LogP contribution in [-0.2, 0) is 11.2 Å². The molecular weight excluding hydrogens is 292 g/mol. The van der Waals surface area contributed by atoms with E-state index in [2.05, 4.69) is 5.32 Å². The van der Waals surface area contributed by atoms with Crippen LogP contribution in [0.15, 0.2) is 24.3 Å². The van der Waals surface area contributed by atoms with E-state index in [9.17, 15) is 9.90 Å². The SMILES string of the molecule is O=C(NCCc1cccc(O)c1)N1CCC(OCC2CC2)CC1. The molecule has 1 saturated carbocycles. The fourth-order valence-electron chi connectivity index (χ4n) is 2.92. The number of benzene rings is 1. The molecule has 126 valence electrons. The largest absolute Gasteiger partial charge is 0.508 e. The van der Waals surface area contributed by atoms with Gasteiger partial charge in [0.25, 0.3) is 0 Å². The predicted molar refractivity (Wildman–Crippen MR) is 88.5 cm³/mol. The highest BCUT2D eigenvalue weighted by molar-refractivity contribution is 5.74. The number of ether oxygens (including phenoxy) is 1. The first-order chi connectivity index (χ1) is 11.2. The van der Waals surface area contributed by atoms with E-state index in [-0.39, 0.29) is 11.8 Å². The van der Waals surface area contributed by atoms with E-state index in [1.54, 1.807) is 12.1 Å². The second-order valence-corrected chi connectivity index (χ2v) is 6.61. The third kappa shape index (κ3) is 5.13. The standard InChI is InChI=1S/C18H26N2O3/c21-16-3-1-2-14(12-16)6-9-19-18(22)20-10-7-17(8-11-20)23-13-15-4-5-15/h1-3,12,15,17,21H,4-11,13H2,(H,19,22). The van der Waals surface area contributed by atoms with Crippen LogP contribution in [0.4, 0.5) is 4.79 Å². The third-order valence-electron chi connectivity index (χ3n) is 4.59. The smallest absolute Gasteiger partial charge is 0.317 e. The number of nitrogens with zero attached hydrogens (tertiary/aromatic N) is 1. The van der Waals surface area contributed by atoms with Gasteiger partial charge < -0.3 is 20.1 Å². The summed E-state index contributed by atoms with van der Waals surface area (Å²) in [6.45, 7) is 3.03. The summed E-state index contributed by atoms with van der Waals surface area (Å²) in [5.41, 5.74) is 1.03. The summed E-state index contributed by atoms with van der Waals surface area (Å²) < 4.78 is 5.90. The zero-order valence-corrected chi connectivity index (χ0v) is 13.5. The molecule has 1 aromatic rings. The van der Waals surface area contributed by atoms with Crippen LogP contribution in [0, 0.1) is 5.92 Å². The van der Waals surface area contributed by atoms with Crippen molar-refractivity contribution in [3.05, 3.63) is 29.8 Å². The van der Waals surface area contributed by atoms with Crippen LogP contribution in [0.3, 0.4) is 0 Å². The molecule has 1 heterocycles. The molecule has 1 aliphatic heterocycles. The fourth-order valence-corrected chi connectivity index (χ4v) is 2.92. The summed E-state index contributed by atoms with van der Waals surface area (Å²) in [6.07, 6.45) is 5.56. The lowest BCUT2D eigenvalue weighted by molar-refractivity contribution is 0.00951. The van der Waals surface area contributed by atoms with Gasteiger partial charge in [0.2, 0.25) is 0 Å². The molecule has 0 unspecified atom stereocenters. The highest BCUT2D eigenvalue weighted by Gasteiger charge is 2.26. The maximum absolute atomic E-state index is 12.2. The molecular formula is C18H26N2O3. The minimum absolute atomic E-state index is 0.00537. The van der Waals surface area contributed by atoms with Crippen LogP contribution in [-0.4, -0.2) is 48.4 Å². The van der Waals surface area contributed by atoms with Gasteiger partial charge in [0.15, 0.2) is 0 Å². The van der Waals surface area contributed by atoms with E-state index in [1.807, 2.05) is 17.0 Å². The Balaban J connectivity index is 1.32. The maximum Gasteiger partial charge on any atom is 0.317 e. The van der Waals surface area contributed by atoms with Gasteiger partial charge in [-0.3, -0.25) is 0 Å². The average Bonchev–Trinajstić information content (AvgIpc) is 3.38. The Morgan fingerprint density at radius 1 is 1.26 bits per heavy atom. The number of carbonyl (C=O) groups is 1. The molecule has 0 spiro atoms. The number of phenols is 1. The highest BCUT2D eigenvalue weighted by atomic mass is 16.5. The minimum atomic E-state index is 0.00537. The Hall–Kier alpha value is -1.75. The first-order valence-electron chi connectivity index (χ1n) is 8.63. The van der Waals surface area contributed by atoms with E-state index in [1.165, 1.54) is 12.8 Å². The van der Waals surface area contributed by atoms with Crippen molar-refractivity contribution >= 4 is 6.03 Å². The molecule has 1 saturated heterocycles. The number of carbonyl (C=O) groups excluding carboxylic acids is 1. The Bertz CT molecular complexity index is 523. The lowest BCUT2D eigenvalue weighted by atomic mass is 10.1. The van der Waals surface area contributed by atoms with Crippen molar-refractivity contribution in [3.8, 4) is 5.75 Å². The summed E-state index contributed by atoms with van der Waals surface area (Å²) in [4.78, 5) is 14.0. The number of amides is 2. The van der Waals surface area contributed by atoms with Crippen molar-refractivity contribution in [2.24, 2.45) is 5.92 Å². The molecule has 0 aromatic heterocycles. The van der Waals surface area contributed by atoms with Gasteiger partial charge in [0.05, 0.1) is 6.10 Å². The van der Waals surface area contributed by atoms with Gasteiger partial charge in [-0.15, -0.1) is 0 Å².